The van der Waals surface area contributed by atoms with Crippen molar-refractivity contribution in [3.05, 3.63) is 103 Å². The molecule has 1 N–H and O–H groups in total. The number of furan rings is 1. The SMILES string of the molecule is O=C(NCc1ccc(S(=O)(=O)c2ccc3ccccc3c2)cc1)c1cc2ccncc2o1. The number of hydrogen-bond acceptors (Lipinski definition) is 5. The lowest BCUT2D eigenvalue weighted by molar-refractivity contribution is 0.0925. The average Bonchev–Trinajstić information content (AvgIpc) is 3.27. The summed E-state index contributed by atoms with van der Waals surface area (Å²) in [6.45, 7) is 0.241. The van der Waals surface area contributed by atoms with E-state index in [0.717, 1.165) is 21.7 Å². The molecule has 158 valence electrons. The quantitative estimate of drug-likeness (QED) is 0.425. The largest absolute Gasteiger partial charge is 0.449 e. The van der Waals surface area contributed by atoms with Crippen molar-refractivity contribution in [3.8, 4) is 0 Å². The van der Waals surface area contributed by atoms with Crippen LogP contribution in [0.5, 0.6) is 0 Å². The number of pyridine rings is 1. The highest BCUT2D eigenvalue weighted by Gasteiger charge is 2.18. The number of nitrogens with zero attached hydrogens (tertiary/aromatic N) is 1. The Kier molecular flexibility index (Phi) is 4.95. The third-order valence-corrected chi connectivity index (χ3v) is 7.03. The molecule has 0 spiro atoms. The highest BCUT2D eigenvalue weighted by Crippen LogP contribution is 2.25. The molecule has 0 aliphatic rings. The lowest BCUT2D eigenvalue weighted by atomic mass is 10.1. The van der Waals surface area contributed by atoms with Crippen LogP contribution in [0.3, 0.4) is 0 Å². The van der Waals surface area contributed by atoms with Gasteiger partial charge in [-0.3, -0.25) is 9.78 Å². The lowest BCUT2D eigenvalue weighted by Gasteiger charge is -2.08. The molecule has 0 atom stereocenters. The molecule has 0 aliphatic carbocycles. The molecule has 2 heterocycles. The van der Waals surface area contributed by atoms with Gasteiger partial charge in [-0.2, -0.15) is 0 Å². The van der Waals surface area contributed by atoms with Crippen molar-refractivity contribution in [2.45, 2.75) is 16.3 Å². The van der Waals surface area contributed by atoms with E-state index in [-0.39, 0.29) is 28.0 Å². The second-order valence-corrected chi connectivity index (χ2v) is 9.31. The summed E-state index contributed by atoms with van der Waals surface area (Å²) in [5.41, 5.74) is 1.31. The van der Waals surface area contributed by atoms with Gasteiger partial charge >= 0.3 is 0 Å². The van der Waals surface area contributed by atoms with Crippen LogP contribution in [0.1, 0.15) is 16.1 Å². The second kappa shape index (κ2) is 7.94. The third kappa shape index (κ3) is 3.74. The molecule has 0 bridgehead atoms. The Bertz CT molecular complexity index is 1520. The maximum absolute atomic E-state index is 13.0. The van der Waals surface area contributed by atoms with E-state index in [1.54, 1.807) is 67.0 Å². The Morgan fingerprint density at radius 2 is 1.59 bits per heavy atom. The molecule has 2 aromatic heterocycles. The van der Waals surface area contributed by atoms with Crippen molar-refractivity contribution >= 4 is 37.5 Å². The Morgan fingerprint density at radius 1 is 0.844 bits per heavy atom. The van der Waals surface area contributed by atoms with Crippen molar-refractivity contribution in [1.82, 2.24) is 10.3 Å². The molecule has 0 unspecified atom stereocenters. The minimum atomic E-state index is -3.64. The molecule has 6 nitrogen and oxygen atoms in total. The molecular weight excluding hydrogens is 424 g/mol. The number of nitrogens with one attached hydrogen (secondary N) is 1. The van der Waals surface area contributed by atoms with Crippen LogP contribution in [0.2, 0.25) is 0 Å². The Labute approximate surface area is 184 Å². The van der Waals surface area contributed by atoms with Gasteiger partial charge in [0.1, 0.15) is 0 Å². The zero-order chi connectivity index (χ0) is 22.1. The van der Waals surface area contributed by atoms with Gasteiger partial charge in [0.05, 0.1) is 16.0 Å². The maximum Gasteiger partial charge on any atom is 0.287 e. The van der Waals surface area contributed by atoms with Crippen molar-refractivity contribution in [1.29, 1.82) is 0 Å². The number of carbonyl (C=O) groups excluding carboxylic acids is 1. The van der Waals surface area contributed by atoms with Gasteiger partial charge in [-0.05, 0) is 52.7 Å². The first kappa shape index (κ1) is 20.0. The topological polar surface area (TPSA) is 89.3 Å². The first-order valence-electron chi connectivity index (χ1n) is 9.95. The normalized spacial score (nSPS) is 11.6. The summed E-state index contributed by atoms with van der Waals surface area (Å²) >= 11 is 0. The van der Waals surface area contributed by atoms with Crippen molar-refractivity contribution < 1.29 is 17.6 Å². The molecule has 5 aromatic rings. The standard InChI is InChI=1S/C25H18N2O4S/c28-25(23-14-20-11-12-26-16-24(20)31-23)27-15-17-5-8-21(9-6-17)32(29,30)22-10-7-18-3-1-2-4-19(18)13-22/h1-14,16H,15H2,(H,27,28). The first-order chi connectivity index (χ1) is 15.5. The number of fused-ring (bicyclic) bond motifs is 2. The number of hydrogen-bond donors (Lipinski definition) is 1. The maximum atomic E-state index is 13.0. The zero-order valence-corrected chi connectivity index (χ0v) is 17.7. The van der Waals surface area contributed by atoms with Gasteiger partial charge in [-0.1, -0.05) is 42.5 Å². The summed E-state index contributed by atoms with van der Waals surface area (Å²) in [6.07, 6.45) is 3.19. The number of carbonyl (C=O) groups is 1. The van der Waals surface area contributed by atoms with Crippen molar-refractivity contribution in [2.75, 3.05) is 0 Å². The predicted octanol–water partition coefficient (Wildman–Crippen LogP) is 4.74. The molecule has 0 fully saturated rings. The predicted molar refractivity (Wildman–Crippen MR) is 121 cm³/mol. The molecule has 0 saturated carbocycles. The van der Waals surface area contributed by atoms with Gasteiger partial charge < -0.3 is 9.73 Å². The van der Waals surface area contributed by atoms with Crippen molar-refractivity contribution in [2.24, 2.45) is 0 Å². The van der Waals surface area contributed by atoms with E-state index in [2.05, 4.69) is 10.3 Å². The molecule has 7 heteroatoms. The number of benzene rings is 3. The summed E-state index contributed by atoms with van der Waals surface area (Å²) in [5.74, 6) is -0.155. The van der Waals surface area contributed by atoms with Gasteiger partial charge in [-0.15, -0.1) is 0 Å². The number of rotatable bonds is 5. The molecular formula is C25H18N2O4S. The monoisotopic (exact) mass is 442 g/mol. The van der Waals surface area contributed by atoms with Crippen LogP contribution in [0, 0.1) is 0 Å². The second-order valence-electron chi connectivity index (χ2n) is 7.36. The Morgan fingerprint density at radius 3 is 2.38 bits per heavy atom. The average molecular weight is 442 g/mol. The molecule has 5 rings (SSSR count). The highest BCUT2D eigenvalue weighted by molar-refractivity contribution is 7.91. The minimum Gasteiger partial charge on any atom is -0.449 e. The van der Waals surface area contributed by atoms with E-state index in [9.17, 15) is 13.2 Å². The summed E-state index contributed by atoms with van der Waals surface area (Å²) in [6, 6.07) is 22.6. The Balaban J connectivity index is 1.31. The van der Waals surface area contributed by atoms with Crippen LogP contribution in [0.25, 0.3) is 21.7 Å². The zero-order valence-electron chi connectivity index (χ0n) is 16.9. The van der Waals surface area contributed by atoms with Crippen LogP contribution < -0.4 is 5.32 Å². The highest BCUT2D eigenvalue weighted by atomic mass is 32.2. The fraction of sp³-hybridized carbons (Fsp3) is 0.0400. The van der Waals surface area contributed by atoms with E-state index in [1.807, 2.05) is 24.3 Å². The van der Waals surface area contributed by atoms with Crippen LogP contribution >= 0.6 is 0 Å². The van der Waals surface area contributed by atoms with E-state index in [4.69, 9.17) is 4.42 Å². The number of amides is 1. The van der Waals surface area contributed by atoms with Gasteiger partial charge in [-0.25, -0.2) is 8.42 Å². The number of sulfone groups is 1. The minimum absolute atomic E-state index is 0.198. The first-order valence-corrected chi connectivity index (χ1v) is 11.4. The van der Waals surface area contributed by atoms with Crippen LogP contribution in [-0.4, -0.2) is 19.3 Å². The van der Waals surface area contributed by atoms with Crippen LogP contribution in [0.4, 0.5) is 0 Å². The summed E-state index contributed by atoms with van der Waals surface area (Å²) < 4.78 is 31.6. The molecule has 1 amide bonds. The van der Waals surface area contributed by atoms with E-state index < -0.39 is 9.84 Å². The van der Waals surface area contributed by atoms with Gasteiger partial charge in [0.15, 0.2) is 11.3 Å². The summed E-state index contributed by atoms with van der Waals surface area (Å²) in [5, 5.41) is 5.44. The Hall–Kier alpha value is -3.97. The molecule has 3 aromatic carbocycles. The van der Waals surface area contributed by atoms with Gasteiger partial charge in [0.25, 0.3) is 5.91 Å². The lowest BCUT2D eigenvalue weighted by Crippen LogP contribution is -2.22. The summed E-state index contributed by atoms with van der Waals surface area (Å²) in [7, 11) is -3.64. The smallest absolute Gasteiger partial charge is 0.287 e. The third-order valence-electron chi connectivity index (χ3n) is 5.26. The van der Waals surface area contributed by atoms with Crippen LogP contribution in [0.15, 0.2) is 105 Å². The van der Waals surface area contributed by atoms with E-state index in [1.165, 1.54) is 0 Å². The van der Waals surface area contributed by atoms with Crippen LogP contribution in [-0.2, 0) is 16.4 Å². The number of aromatic nitrogens is 1. The molecule has 32 heavy (non-hydrogen) atoms. The molecule has 0 radical (unpaired) electrons. The van der Waals surface area contributed by atoms with Gasteiger partial charge in [0.2, 0.25) is 9.84 Å². The fourth-order valence-electron chi connectivity index (χ4n) is 3.52. The molecule has 0 saturated heterocycles. The fourth-order valence-corrected chi connectivity index (χ4v) is 4.82. The van der Waals surface area contributed by atoms with Gasteiger partial charge in [0, 0.05) is 18.1 Å². The van der Waals surface area contributed by atoms with E-state index >= 15 is 0 Å². The van der Waals surface area contributed by atoms with Crippen molar-refractivity contribution in [3.63, 3.8) is 0 Å². The summed E-state index contributed by atoms with van der Waals surface area (Å²) in [4.78, 5) is 16.8. The molecule has 0 aliphatic heterocycles. The van der Waals surface area contributed by atoms with E-state index in [0.29, 0.717) is 5.58 Å².